The fourth-order valence-electron chi connectivity index (χ4n) is 0.950. The van der Waals surface area contributed by atoms with Gasteiger partial charge < -0.3 is 0 Å². The van der Waals surface area contributed by atoms with Crippen LogP contribution in [0, 0.1) is 0 Å². The maximum atomic E-state index is 5.77. The molecule has 0 unspecified atom stereocenters. The first-order valence-corrected chi connectivity index (χ1v) is 4.45. The van der Waals surface area contributed by atoms with Crippen LogP contribution in [0.1, 0.15) is 0 Å². The first-order chi connectivity index (χ1) is 6.18. The number of pyridine rings is 1. The Labute approximate surface area is 88.7 Å². The van der Waals surface area contributed by atoms with Gasteiger partial charge in [0.2, 0.25) is 0 Å². The van der Waals surface area contributed by atoms with E-state index in [0.717, 1.165) is 0 Å². The maximum absolute atomic E-state index is 5.77. The van der Waals surface area contributed by atoms with E-state index in [0.29, 0.717) is 15.9 Å². The van der Waals surface area contributed by atoms with Crippen LogP contribution in [0.4, 0.5) is 0 Å². The lowest BCUT2D eigenvalue weighted by Gasteiger charge is -1.99. The molecule has 0 bridgehead atoms. The van der Waals surface area contributed by atoms with Crippen molar-refractivity contribution in [2.75, 3.05) is 0 Å². The summed E-state index contributed by atoms with van der Waals surface area (Å²) >= 11 is 17.2. The smallest absolute Gasteiger partial charge is 0.178 e. The monoisotopic (exact) mass is 233 g/mol. The molecule has 0 aromatic carbocycles. The van der Waals surface area contributed by atoms with Crippen LogP contribution in [0.3, 0.4) is 0 Å². The summed E-state index contributed by atoms with van der Waals surface area (Å²) in [6, 6.07) is 1.65. The fourth-order valence-corrected chi connectivity index (χ4v) is 1.48. The number of halogens is 3. The molecule has 2 aromatic heterocycles. The van der Waals surface area contributed by atoms with Crippen molar-refractivity contribution in [2.24, 2.45) is 0 Å². The van der Waals surface area contributed by atoms with E-state index < -0.39 is 0 Å². The molecule has 0 atom stereocenters. The molecule has 0 radical (unpaired) electrons. The summed E-state index contributed by atoms with van der Waals surface area (Å²) in [6.45, 7) is 0. The Balaban J connectivity index is 2.92. The maximum Gasteiger partial charge on any atom is 0.178 e. The minimum Gasteiger partial charge on any atom is -0.251 e. The number of hydrogen-bond acceptors (Lipinski definition) is 3. The zero-order chi connectivity index (χ0) is 9.42. The molecule has 0 N–H and O–H groups in total. The number of nitrogens with zero attached hydrogens (tertiary/aromatic N) is 3. The lowest BCUT2D eigenvalue weighted by Crippen LogP contribution is -1.89. The van der Waals surface area contributed by atoms with E-state index in [-0.39, 0.29) is 10.3 Å². The average Bonchev–Trinajstić information content (AvgIpc) is 2.12. The molecule has 13 heavy (non-hydrogen) atoms. The Morgan fingerprint density at radius 2 is 1.69 bits per heavy atom. The lowest BCUT2D eigenvalue weighted by molar-refractivity contribution is 1.04. The van der Waals surface area contributed by atoms with Gasteiger partial charge in [0.05, 0.1) is 5.02 Å². The van der Waals surface area contributed by atoms with E-state index in [1.165, 1.54) is 6.20 Å². The molecule has 0 saturated heterocycles. The predicted octanol–water partition coefficient (Wildman–Crippen LogP) is 2.99. The molecule has 2 aromatic rings. The molecule has 0 saturated carbocycles. The number of aromatic nitrogens is 3. The van der Waals surface area contributed by atoms with Crippen molar-refractivity contribution in [2.45, 2.75) is 0 Å². The van der Waals surface area contributed by atoms with Gasteiger partial charge in [-0.05, 0) is 6.07 Å². The van der Waals surface area contributed by atoms with Gasteiger partial charge in [-0.25, -0.2) is 0 Å². The summed E-state index contributed by atoms with van der Waals surface area (Å²) in [5, 5.41) is 8.80. The zero-order valence-electron chi connectivity index (χ0n) is 6.13. The normalized spacial score (nSPS) is 10.7. The van der Waals surface area contributed by atoms with Crippen LogP contribution >= 0.6 is 34.8 Å². The van der Waals surface area contributed by atoms with Gasteiger partial charge in [0.15, 0.2) is 10.3 Å². The van der Waals surface area contributed by atoms with E-state index in [1.807, 2.05) is 0 Å². The molecule has 6 heteroatoms. The number of fused-ring (bicyclic) bond motifs is 1. The largest absolute Gasteiger partial charge is 0.251 e. The van der Waals surface area contributed by atoms with Crippen LogP contribution in [0.25, 0.3) is 10.9 Å². The van der Waals surface area contributed by atoms with E-state index in [2.05, 4.69) is 15.2 Å². The molecule has 0 aliphatic carbocycles. The van der Waals surface area contributed by atoms with Gasteiger partial charge in [-0.15, -0.1) is 10.2 Å². The standard InChI is InChI=1S/C7H2Cl3N3/c8-3-1-4-5(11-2-3)7(10)13-12-6(4)9/h1-2H. The Morgan fingerprint density at radius 1 is 1.00 bits per heavy atom. The third-order valence-corrected chi connectivity index (χ3v) is 2.24. The lowest BCUT2D eigenvalue weighted by atomic mass is 10.3. The van der Waals surface area contributed by atoms with Gasteiger partial charge in [-0.2, -0.15) is 0 Å². The molecule has 2 rings (SSSR count). The Morgan fingerprint density at radius 3 is 2.46 bits per heavy atom. The van der Waals surface area contributed by atoms with Crippen molar-refractivity contribution in [1.29, 1.82) is 0 Å². The van der Waals surface area contributed by atoms with Crippen molar-refractivity contribution >= 4 is 45.7 Å². The zero-order valence-corrected chi connectivity index (χ0v) is 8.40. The van der Waals surface area contributed by atoms with E-state index >= 15 is 0 Å². The summed E-state index contributed by atoms with van der Waals surface area (Å²) in [5.74, 6) is 0. The molecule has 2 heterocycles. The highest BCUT2D eigenvalue weighted by Gasteiger charge is 2.07. The first-order valence-electron chi connectivity index (χ1n) is 3.31. The molecule has 0 aliphatic rings. The van der Waals surface area contributed by atoms with Crippen LogP contribution < -0.4 is 0 Å². The second kappa shape index (κ2) is 3.25. The van der Waals surface area contributed by atoms with Gasteiger partial charge in [-0.3, -0.25) is 4.98 Å². The summed E-state index contributed by atoms with van der Waals surface area (Å²) in [6.07, 6.45) is 1.48. The average molecular weight is 234 g/mol. The van der Waals surface area contributed by atoms with E-state index in [4.69, 9.17) is 34.8 Å². The van der Waals surface area contributed by atoms with Crippen molar-refractivity contribution in [3.8, 4) is 0 Å². The summed E-state index contributed by atoms with van der Waals surface area (Å²) < 4.78 is 0. The second-order valence-electron chi connectivity index (χ2n) is 2.33. The number of hydrogen-bond donors (Lipinski definition) is 0. The first kappa shape index (κ1) is 8.94. The van der Waals surface area contributed by atoms with Gasteiger partial charge in [0.1, 0.15) is 5.52 Å². The fraction of sp³-hybridized carbons (Fsp3) is 0. The summed E-state index contributed by atoms with van der Waals surface area (Å²) in [4.78, 5) is 3.99. The molecule has 0 amide bonds. The molecule has 0 spiro atoms. The summed E-state index contributed by atoms with van der Waals surface area (Å²) in [7, 11) is 0. The van der Waals surface area contributed by atoms with Gasteiger partial charge in [0, 0.05) is 11.6 Å². The second-order valence-corrected chi connectivity index (χ2v) is 3.48. The highest BCUT2D eigenvalue weighted by Crippen LogP contribution is 2.25. The minimum atomic E-state index is 0.219. The SMILES string of the molecule is Clc1cnc2c(Cl)nnc(Cl)c2c1. The van der Waals surface area contributed by atoms with Gasteiger partial charge >= 0.3 is 0 Å². The van der Waals surface area contributed by atoms with Crippen molar-refractivity contribution in [1.82, 2.24) is 15.2 Å². The molecule has 0 fully saturated rings. The quantitative estimate of drug-likeness (QED) is 0.703. The molecular formula is C7H2Cl3N3. The molecule has 3 nitrogen and oxygen atoms in total. The highest BCUT2D eigenvalue weighted by atomic mass is 35.5. The Hall–Kier alpha value is -0.640. The van der Waals surface area contributed by atoms with Gasteiger partial charge in [-0.1, -0.05) is 34.8 Å². The van der Waals surface area contributed by atoms with E-state index in [1.54, 1.807) is 6.07 Å². The minimum absolute atomic E-state index is 0.219. The molecule has 66 valence electrons. The third-order valence-electron chi connectivity index (χ3n) is 1.50. The van der Waals surface area contributed by atoms with Crippen LogP contribution in [0.15, 0.2) is 12.3 Å². The molecule has 0 aliphatic heterocycles. The van der Waals surface area contributed by atoms with Crippen molar-refractivity contribution in [3.63, 3.8) is 0 Å². The number of rotatable bonds is 0. The van der Waals surface area contributed by atoms with Crippen LogP contribution in [-0.2, 0) is 0 Å². The van der Waals surface area contributed by atoms with Crippen molar-refractivity contribution < 1.29 is 0 Å². The topological polar surface area (TPSA) is 38.7 Å². The summed E-state index contributed by atoms with van der Waals surface area (Å²) in [5.41, 5.74) is 0.506. The van der Waals surface area contributed by atoms with Crippen molar-refractivity contribution in [3.05, 3.63) is 27.6 Å². The van der Waals surface area contributed by atoms with Crippen LogP contribution in [0.2, 0.25) is 15.3 Å². The van der Waals surface area contributed by atoms with Crippen LogP contribution in [-0.4, -0.2) is 15.2 Å². The third kappa shape index (κ3) is 1.55. The Kier molecular flexibility index (Phi) is 2.24. The predicted molar refractivity (Wildman–Crippen MR) is 52.4 cm³/mol. The van der Waals surface area contributed by atoms with Crippen LogP contribution in [0.5, 0.6) is 0 Å². The highest BCUT2D eigenvalue weighted by molar-refractivity contribution is 6.38. The molecular weight excluding hydrogens is 232 g/mol. The van der Waals surface area contributed by atoms with E-state index in [9.17, 15) is 0 Å². The Bertz CT molecular complexity index is 472. The van der Waals surface area contributed by atoms with Gasteiger partial charge in [0.25, 0.3) is 0 Å².